The number of piperidine rings is 1. The second-order valence-corrected chi connectivity index (χ2v) is 5.55. The highest BCUT2D eigenvalue weighted by Gasteiger charge is 2.41. The lowest BCUT2D eigenvalue weighted by molar-refractivity contribution is -0.179. The van der Waals surface area contributed by atoms with Crippen molar-refractivity contribution in [3.05, 3.63) is 22.4 Å². The van der Waals surface area contributed by atoms with Crippen molar-refractivity contribution in [2.24, 2.45) is 5.92 Å². The Morgan fingerprint density at radius 3 is 2.48 bits per heavy atom. The summed E-state index contributed by atoms with van der Waals surface area (Å²) >= 11 is 3.25. The van der Waals surface area contributed by atoms with Crippen molar-refractivity contribution in [3.63, 3.8) is 0 Å². The van der Waals surface area contributed by atoms with E-state index in [0.29, 0.717) is 23.4 Å². The molecule has 4 nitrogen and oxygen atoms in total. The van der Waals surface area contributed by atoms with Crippen molar-refractivity contribution in [2.45, 2.75) is 19.0 Å². The molecule has 2 heterocycles. The standard InChI is InChI=1S/C13H14BrF3N2O2/c1-21-12(20)9-2-3-10(11(14)18-9)19-6-4-8(5-7-19)13(15,16)17/h2-3,8H,4-7H2,1H3. The number of hydrogen-bond acceptors (Lipinski definition) is 4. The maximum atomic E-state index is 12.6. The van der Waals surface area contributed by atoms with Crippen LogP contribution in [0.15, 0.2) is 16.7 Å². The lowest BCUT2D eigenvalue weighted by Gasteiger charge is -2.34. The number of anilines is 1. The van der Waals surface area contributed by atoms with Gasteiger partial charge in [0.25, 0.3) is 0 Å². The molecule has 0 aliphatic carbocycles. The van der Waals surface area contributed by atoms with Crippen LogP contribution >= 0.6 is 15.9 Å². The maximum absolute atomic E-state index is 12.6. The molecule has 1 saturated heterocycles. The number of rotatable bonds is 2. The van der Waals surface area contributed by atoms with Crippen molar-refractivity contribution >= 4 is 27.6 Å². The first-order chi connectivity index (χ1) is 9.82. The zero-order valence-electron chi connectivity index (χ0n) is 11.3. The van der Waals surface area contributed by atoms with Gasteiger partial charge in [-0.25, -0.2) is 9.78 Å². The second kappa shape index (κ2) is 6.21. The molecule has 0 atom stereocenters. The van der Waals surface area contributed by atoms with Gasteiger partial charge < -0.3 is 9.64 Å². The van der Waals surface area contributed by atoms with E-state index in [1.54, 1.807) is 6.07 Å². The van der Waals surface area contributed by atoms with E-state index in [9.17, 15) is 18.0 Å². The maximum Gasteiger partial charge on any atom is 0.391 e. The van der Waals surface area contributed by atoms with Gasteiger partial charge in [0.05, 0.1) is 18.7 Å². The lowest BCUT2D eigenvalue weighted by atomic mass is 9.96. The molecule has 21 heavy (non-hydrogen) atoms. The number of halogens is 4. The molecule has 1 fully saturated rings. The van der Waals surface area contributed by atoms with Gasteiger partial charge in [-0.2, -0.15) is 13.2 Å². The van der Waals surface area contributed by atoms with Crippen molar-refractivity contribution < 1.29 is 22.7 Å². The van der Waals surface area contributed by atoms with E-state index in [2.05, 4.69) is 25.7 Å². The summed E-state index contributed by atoms with van der Waals surface area (Å²) in [6.07, 6.45) is -4.00. The first-order valence-corrected chi connectivity index (χ1v) is 7.18. The molecule has 0 unspecified atom stereocenters. The fourth-order valence-electron chi connectivity index (χ4n) is 2.33. The zero-order chi connectivity index (χ0) is 15.6. The van der Waals surface area contributed by atoms with Crippen LogP contribution in [0.4, 0.5) is 18.9 Å². The number of carbonyl (C=O) groups is 1. The van der Waals surface area contributed by atoms with Gasteiger partial charge in [-0.3, -0.25) is 0 Å². The number of esters is 1. The largest absolute Gasteiger partial charge is 0.464 e. The first kappa shape index (κ1) is 16.1. The number of alkyl halides is 3. The van der Waals surface area contributed by atoms with Gasteiger partial charge in [-0.15, -0.1) is 0 Å². The van der Waals surface area contributed by atoms with Gasteiger partial charge >= 0.3 is 12.1 Å². The minimum absolute atomic E-state index is 0.0642. The first-order valence-electron chi connectivity index (χ1n) is 6.39. The van der Waals surface area contributed by atoms with Crippen LogP contribution in [0.25, 0.3) is 0 Å². The van der Waals surface area contributed by atoms with Crippen molar-refractivity contribution in [2.75, 3.05) is 25.1 Å². The van der Waals surface area contributed by atoms with E-state index < -0.39 is 18.1 Å². The molecule has 1 aromatic rings. The molecule has 0 spiro atoms. The van der Waals surface area contributed by atoms with Gasteiger partial charge in [-0.1, -0.05) is 0 Å². The summed E-state index contributed by atoms with van der Waals surface area (Å²) in [6, 6.07) is 3.17. The quantitative estimate of drug-likeness (QED) is 0.594. The van der Waals surface area contributed by atoms with Crippen molar-refractivity contribution in [1.29, 1.82) is 0 Å². The summed E-state index contributed by atoms with van der Waals surface area (Å²) < 4.78 is 42.9. The molecule has 0 aromatic carbocycles. The zero-order valence-corrected chi connectivity index (χ0v) is 12.9. The lowest BCUT2D eigenvalue weighted by Crippen LogP contribution is -2.39. The summed E-state index contributed by atoms with van der Waals surface area (Å²) in [4.78, 5) is 17.3. The van der Waals surface area contributed by atoms with Crippen molar-refractivity contribution in [3.8, 4) is 0 Å². The molecule has 8 heteroatoms. The fraction of sp³-hybridized carbons (Fsp3) is 0.538. The molecule has 116 valence electrons. The molecule has 1 aliphatic heterocycles. The van der Waals surface area contributed by atoms with Crippen LogP contribution in [0.2, 0.25) is 0 Å². The van der Waals surface area contributed by atoms with Crippen LogP contribution < -0.4 is 4.90 Å². The molecule has 0 bridgehead atoms. The Labute approximate surface area is 128 Å². The molecule has 2 rings (SSSR count). The van der Waals surface area contributed by atoms with E-state index in [0.717, 1.165) is 0 Å². The number of pyridine rings is 1. The van der Waals surface area contributed by atoms with E-state index in [-0.39, 0.29) is 18.5 Å². The predicted molar refractivity (Wildman–Crippen MR) is 74.3 cm³/mol. The summed E-state index contributed by atoms with van der Waals surface area (Å²) in [7, 11) is 1.26. The summed E-state index contributed by atoms with van der Waals surface area (Å²) in [5, 5.41) is 0. The number of aromatic nitrogens is 1. The Bertz CT molecular complexity index is 529. The van der Waals surface area contributed by atoms with Crippen molar-refractivity contribution in [1.82, 2.24) is 4.98 Å². The third-order valence-corrected chi connectivity index (χ3v) is 4.11. The van der Waals surface area contributed by atoms with E-state index in [1.807, 2.05) is 4.90 Å². The number of nitrogens with zero attached hydrogens (tertiary/aromatic N) is 2. The Morgan fingerprint density at radius 2 is 2.00 bits per heavy atom. The molecular weight excluding hydrogens is 353 g/mol. The number of carbonyl (C=O) groups excluding carboxylic acids is 1. The average molecular weight is 367 g/mol. The molecule has 0 N–H and O–H groups in total. The van der Waals surface area contributed by atoms with Crippen LogP contribution in [0.1, 0.15) is 23.3 Å². The highest BCUT2D eigenvalue weighted by atomic mass is 79.9. The van der Waals surface area contributed by atoms with Crippen LogP contribution in [0.5, 0.6) is 0 Å². The van der Waals surface area contributed by atoms with Crippen LogP contribution in [-0.2, 0) is 4.74 Å². The molecule has 1 aliphatic rings. The molecule has 1 aromatic heterocycles. The second-order valence-electron chi connectivity index (χ2n) is 4.80. The third kappa shape index (κ3) is 3.66. The van der Waals surface area contributed by atoms with Gasteiger partial charge in [0.1, 0.15) is 10.3 Å². The highest BCUT2D eigenvalue weighted by molar-refractivity contribution is 9.10. The van der Waals surface area contributed by atoms with E-state index in [4.69, 9.17) is 0 Å². The van der Waals surface area contributed by atoms with Gasteiger partial charge in [-0.05, 0) is 40.9 Å². The van der Waals surface area contributed by atoms with Gasteiger partial charge in [0, 0.05) is 13.1 Å². The minimum Gasteiger partial charge on any atom is -0.464 e. The number of hydrogen-bond donors (Lipinski definition) is 0. The molecule has 0 radical (unpaired) electrons. The van der Waals surface area contributed by atoms with Gasteiger partial charge in [0.15, 0.2) is 0 Å². The van der Waals surface area contributed by atoms with E-state index in [1.165, 1.54) is 13.2 Å². The number of ether oxygens (including phenoxy) is 1. The van der Waals surface area contributed by atoms with Crippen LogP contribution in [0.3, 0.4) is 0 Å². The van der Waals surface area contributed by atoms with Crippen LogP contribution in [-0.4, -0.2) is 37.3 Å². The third-order valence-electron chi connectivity index (χ3n) is 3.52. The number of methoxy groups -OCH3 is 1. The Kier molecular flexibility index (Phi) is 4.75. The molecular formula is C13H14BrF3N2O2. The smallest absolute Gasteiger partial charge is 0.391 e. The van der Waals surface area contributed by atoms with Crippen LogP contribution in [0, 0.1) is 5.92 Å². The minimum atomic E-state index is -4.13. The average Bonchev–Trinajstić information content (AvgIpc) is 2.45. The summed E-state index contributed by atoms with van der Waals surface area (Å²) in [5.74, 6) is -1.80. The monoisotopic (exact) mass is 366 g/mol. The SMILES string of the molecule is COC(=O)c1ccc(N2CCC(C(F)(F)F)CC2)c(Br)n1. The Balaban J connectivity index is 2.09. The Morgan fingerprint density at radius 1 is 1.38 bits per heavy atom. The van der Waals surface area contributed by atoms with E-state index >= 15 is 0 Å². The summed E-state index contributed by atoms with van der Waals surface area (Å²) in [6.45, 7) is 0.615. The Hall–Kier alpha value is -1.31. The predicted octanol–water partition coefficient (Wildman–Crippen LogP) is 3.41. The topological polar surface area (TPSA) is 42.4 Å². The molecule has 0 amide bonds. The van der Waals surface area contributed by atoms with Gasteiger partial charge in [0.2, 0.25) is 0 Å². The fourth-order valence-corrected chi connectivity index (χ4v) is 2.90. The molecule has 0 saturated carbocycles. The summed E-state index contributed by atoms with van der Waals surface area (Å²) in [5.41, 5.74) is 0.835. The normalized spacial score (nSPS) is 16.9. The highest BCUT2D eigenvalue weighted by Crippen LogP contribution is 2.36.